The zero-order valence-electron chi connectivity index (χ0n) is 21.8. The number of aryl methyl sites for hydroxylation is 1. The topological polar surface area (TPSA) is 86.8 Å². The molecule has 8 heteroatoms. The van der Waals surface area contributed by atoms with Gasteiger partial charge in [-0.15, -0.1) is 0 Å². The van der Waals surface area contributed by atoms with Gasteiger partial charge in [0.05, 0.1) is 10.6 Å². The molecule has 3 aromatic rings. The van der Waals surface area contributed by atoms with Crippen molar-refractivity contribution in [1.82, 2.24) is 10.2 Å². The number of anilines is 1. The molecule has 0 heterocycles. The van der Waals surface area contributed by atoms with Crippen LogP contribution in [0.4, 0.5) is 5.69 Å². The van der Waals surface area contributed by atoms with Crippen molar-refractivity contribution in [3.05, 3.63) is 96.1 Å². The third-order valence-electron chi connectivity index (χ3n) is 6.36. The van der Waals surface area contributed by atoms with Crippen molar-refractivity contribution in [2.45, 2.75) is 57.6 Å². The van der Waals surface area contributed by atoms with Crippen molar-refractivity contribution >= 4 is 27.5 Å². The summed E-state index contributed by atoms with van der Waals surface area (Å²) in [5.41, 5.74) is 1.97. The van der Waals surface area contributed by atoms with Gasteiger partial charge in [-0.25, -0.2) is 8.42 Å². The highest BCUT2D eigenvalue weighted by atomic mass is 32.2. The Kier molecular flexibility index (Phi) is 9.47. The third-order valence-corrected chi connectivity index (χ3v) is 8.13. The molecule has 2 atom stereocenters. The fourth-order valence-corrected chi connectivity index (χ4v) is 5.40. The second kappa shape index (κ2) is 12.5. The molecule has 0 fully saturated rings. The molecule has 0 aliphatic rings. The number of carbonyl (C=O) groups excluding carboxylic acids is 2. The number of para-hydroxylation sites is 1. The van der Waals surface area contributed by atoms with E-state index in [0.29, 0.717) is 11.3 Å². The van der Waals surface area contributed by atoms with Gasteiger partial charge < -0.3 is 10.2 Å². The molecule has 0 aliphatic carbocycles. The predicted octanol–water partition coefficient (Wildman–Crippen LogP) is 4.52. The van der Waals surface area contributed by atoms with Crippen LogP contribution in [0.3, 0.4) is 0 Å². The molecule has 0 saturated carbocycles. The Hall–Kier alpha value is -3.65. The molecule has 0 aliphatic heterocycles. The Morgan fingerprint density at radius 2 is 1.43 bits per heavy atom. The van der Waals surface area contributed by atoms with E-state index >= 15 is 0 Å². The second-order valence-electron chi connectivity index (χ2n) is 9.11. The van der Waals surface area contributed by atoms with Crippen LogP contribution < -0.4 is 9.62 Å². The van der Waals surface area contributed by atoms with Gasteiger partial charge in [0.2, 0.25) is 11.8 Å². The van der Waals surface area contributed by atoms with Gasteiger partial charge in [0.25, 0.3) is 10.0 Å². The van der Waals surface area contributed by atoms with Crippen molar-refractivity contribution in [3.8, 4) is 0 Å². The van der Waals surface area contributed by atoms with Gasteiger partial charge in [-0.1, -0.05) is 73.7 Å². The van der Waals surface area contributed by atoms with E-state index in [0.717, 1.165) is 16.3 Å². The minimum Gasteiger partial charge on any atom is -0.352 e. The molecule has 3 aromatic carbocycles. The number of rotatable bonds is 11. The van der Waals surface area contributed by atoms with Crippen LogP contribution >= 0.6 is 0 Å². The zero-order valence-corrected chi connectivity index (χ0v) is 22.6. The van der Waals surface area contributed by atoms with Gasteiger partial charge in [-0.05, 0) is 56.5 Å². The molecule has 0 unspecified atom stereocenters. The SMILES string of the molecule is CC[C@@H](C)NC(=O)[C@H](C)N(Cc1ccccc1)C(=O)CN(c1ccccc1C)S(=O)(=O)c1ccccc1. The summed E-state index contributed by atoms with van der Waals surface area (Å²) in [6.07, 6.45) is 0.751. The van der Waals surface area contributed by atoms with E-state index in [2.05, 4.69) is 5.32 Å². The quantitative estimate of drug-likeness (QED) is 0.402. The highest BCUT2D eigenvalue weighted by Crippen LogP contribution is 2.27. The van der Waals surface area contributed by atoms with Crippen molar-refractivity contribution < 1.29 is 18.0 Å². The Labute approximate surface area is 220 Å². The van der Waals surface area contributed by atoms with Gasteiger partial charge in [0.1, 0.15) is 12.6 Å². The van der Waals surface area contributed by atoms with Crippen LogP contribution in [0, 0.1) is 6.92 Å². The maximum Gasteiger partial charge on any atom is 0.264 e. The molecule has 2 amide bonds. The number of amides is 2. The first-order valence-corrected chi connectivity index (χ1v) is 13.9. The number of hydrogen-bond acceptors (Lipinski definition) is 4. The van der Waals surface area contributed by atoms with E-state index in [1.165, 1.54) is 17.0 Å². The standard InChI is InChI=1S/C29H35N3O4S/c1-5-23(3)30-29(34)24(4)31(20-25-15-8-6-9-16-25)28(33)21-32(27-19-13-12-14-22(27)2)37(35,36)26-17-10-7-11-18-26/h6-19,23-24H,5,20-21H2,1-4H3,(H,30,34)/t23-,24+/m1/s1. The Morgan fingerprint density at radius 1 is 0.865 bits per heavy atom. The summed E-state index contributed by atoms with van der Waals surface area (Å²) >= 11 is 0. The van der Waals surface area contributed by atoms with Gasteiger partial charge in [0, 0.05) is 12.6 Å². The maximum atomic E-state index is 13.9. The average Bonchev–Trinajstić information content (AvgIpc) is 2.91. The number of sulfonamides is 1. The van der Waals surface area contributed by atoms with E-state index in [4.69, 9.17) is 0 Å². The molecule has 3 rings (SSSR count). The highest BCUT2D eigenvalue weighted by Gasteiger charge is 2.33. The van der Waals surface area contributed by atoms with Gasteiger partial charge in [-0.3, -0.25) is 13.9 Å². The third kappa shape index (κ3) is 6.98. The molecule has 7 nitrogen and oxygen atoms in total. The lowest BCUT2D eigenvalue weighted by atomic mass is 10.1. The van der Waals surface area contributed by atoms with Crippen LogP contribution in [0.25, 0.3) is 0 Å². The Morgan fingerprint density at radius 3 is 2.03 bits per heavy atom. The molecule has 0 aromatic heterocycles. The summed E-state index contributed by atoms with van der Waals surface area (Å²) < 4.78 is 28.7. The first-order valence-electron chi connectivity index (χ1n) is 12.4. The summed E-state index contributed by atoms with van der Waals surface area (Å²) in [7, 11) is -4.06. The molecule has 196 valence electrons. The molecule has 0 saturated heterocycles. The summed E-state index contributed by atoms with van der Waals surface area (Å²) in [6, 6.07) is 23.6. The minimum atomic E-state index is -4.06. The smallest absolute Gasteiger partial charge is 0.264 e. The number of nitrogens with one attached hydrogen (secondary N) is 1. The van der Waals surface area contributed by atoms with E-state index in [9.17, 15) is 18.0 Å². The van der Waals surface area contributed by atoms with Crippen molar-refractivity contribution in [2.24, 2.45) is 0 Å². The molecule has 0 spiro atoms. The van der Waals surface area contributed by atoms with Crippen LogP contribution in [0.5, 0.6) is 0 Å². The van der Waals surface area contributed by atoms with E-state index < -0.39 is 28.5 Å². The first-order chi connectivity index (χ1) is 17.6. The Balaban J connectivity index is 2.01. The highest BCUT2D eigenvalue weighted by molar-refractivity contribution is 7.92. The number of hydrogen-bond donors (Lipinski definition) is 1. The molecule has 1 N–H and O–H groups in total. The molecule has 0 radical (unpaired) electrons. The summed E-state index contributed by atoms with van der Waals surface area (Å²) in [5, 5.41) is 2.94. The molecular formula is C29H35N3O4S. The maximum absolute atomic E-state index is 13.9. The van der Waals surface area contributed by atoms with E-state index in [-0.39, 0.29) is 23.4 Å². The monoisotopic (exact) mass is 521 g/mol. The minimum absolute atomic E-state index is 0.0504. The fourth-order valence-electron chi connectivity index (χ4n) is 3.90. The molecule has 37 heavy (non-hydrogen) atoms. The molecule has 0 bridgehead atoms. The predicted molar refractivity (Wildman–Crippen MR) is 147 cm³/mol. The van der Waals surface area contributed by atoms with Gasteiger partial charge >= 0.3 is 0 Å². The normalized spacial score (nSPS) is 12.9. The van der Waals surface area contributed by atoms with Gasteiger partial charge in [0.15, 0.2) is 0 Å². The average molecular weight is 522 g/mol. The lowest BCUT2D eigenvalue weighted by molar-refractivity contribution is -0.139. The summed E-state index contributed by atoms with van der Waals surface area (Å²) in [4.78, 5) is 28.4. The van der Waals surface area contributed by atoms with E-state index in [1.54, 1.807) is 50.2 Å². The first kappa shape index (κ1) is 27.9. The lowest BCUT2D eigenvalue weighted by Crippen LogP contribution is -2.52. The van der Waals surface area contributed by atoms with Gasteiger partial charge in [-0.2, -0.15) is 0 Å². The lowest BCUT2D eigenvalue weighted by Gasteiger charge is -2.32. The van der Waals surface area contributed by atoms with Crippen LogP contribution in [0.2, 0.25) is 0 Å². The van der Waals surface area contributed by atoms with Crippen LogP contribution in [0.1, 0.15) is 38.3 Å². The van der Waals surface area contributed by atoms with Crippen molar-refractivity contribution in [1.29, 1.82) is 0 Å². The fraction of sp³-hybridized carbons (Fsp3) is 0.310. The zero-order chi connectivity index (χ0) is 27.0. The van der Waals surface area contributed by atoms with Crippen LogP contribution in [-0.4, -0.2) is 43.8 Å². The summed E-state index contributed by atoms with van der Waals surface area (Å²) in [5.74, 6) is -0.759. The largest absolute Gasteiger partial charge is 0.352 e. The van der Waals surface area contributed by atoms with Crippen LogP contribution in [-0.2, 0) is 26.2 Å². The summed E-state index contributed by atoms with van der Waals surface area (Å²) in [6.45, 7) is 7.06. The number of nitrogens with zero attached hydrogens (tertiary/aromatic N) is 2. The van der Waals surface area contributed by atoms with E-state index in [1.807, 2.05) is 50.2 Å². The Bertz CT molecular complexity index is 1300. The van der Waals surface area contributed by atoms with Crippen molar-refractivity contribution in [2.75, 3.05) is 10.8 Å². The second-order valence-corrected chi connectivity index (χ2v) is 11.0. The molecular weight excluding hydrogens is 486 g/mol. The van der Waals surface area contributed by atoms with Crippen molar-refractivity contribution in [3.63, 3.8) is 0 Å². The number of benzene rings is 3. The number of carbonyl (C=O) groups is 2. The van der Waals surface area contributed by atoms with Crippen LogP contribution in [0.15, 0.2) is 89.8 Å².